The van der Waals surface area contributed by atoms with Gasteiger partial charge in [0.1, 0.15) is 13.2 Å². The first-order chi connectivity index (χ1) is 36.0. The first kappa shape index (κ1) is 71.2. The van der Waals surface area contributed by atoms with Crippen molar-refractivity contribution in [2.24, 2.45) is 0 Å². The third kappa shape index (κ3) is 60.9. The molecule has 0 amide bonds. The number of carbonyl (C=O) groups is 3. The van der Waals surface area contributed by atoms with Crippen LogP contribution in [0.15, 0.2) is 12.2 Å². The second-order valence-electron chi connectivity index (χ2n) is 22.7. The van der Waals surface area contributed by atoms with E-state index in [9.17, 15) is 14.4 Å². The molecule has 432 valence electrons. The fourth-order valence-electron chi connectivity index (χ4n) is 10.3. The Morgan fingerprint density at radius 3 is 0.726 bits per heavy atom. The molecule has 0 rings (SSSR count). The lowest BCUT2D eigenvalue weighted by Crippen LogP contribution is -2.30. The van der Waals surface area contributed by atoms with E-state index in [0.29, 0.717) is 19.3 Å². The van der Waals surface area contributed by atoms with Gasteiger partial charge in [-0.3, -0.25) is 14.4 Å². The second-order valence-corrected chi connectivity index (χ2v) is 22.7. The van der Waals surface area contributed by atoms with Crippen LogP contribution in [0.1, 0.15) is 380 Å². The third-order valence-electron chi connectivity index (χ3n) is 15.3. The summed E-state index contributed by atoms with van der Waals surface area (Å²) in [6.07, 6.45) is 73.9. The van der Waals surface area contributed by atoms with Crippen LogP contribution in [-0.2, 0) is 28.6 Å². The van der Waals surface area contributed by atoms with Gasteiger partial charge in [0, 0.05) is 19.3 Å². The average molecular weight is 1030 g/mol. The minimum Gasteiger partial charge on any atom is -0.462 e. The molecular weight excluding hydrogens is 901 g/mol. The lowest BCUT2D eigenvalue weighted by atomic mass is 10.0. The summed E-state index contributed by atoms with van der Waals surface area (Å²) in [4.78, 5) is 38.2. The number of hydrogen-bond donors (Lipinski definition) is 0. The molecule has 0 radical (unpaired) electrons. The van der Waals surface area contributed by atoms with Gasteiger partial charge in [-0.1, -0.05) is 335 Å². The highest BCUT2D eigenvalue weighted by atomic mass is 16.6. The van der Waals surface area contributed by atoms with Crippen LogP contribution in [0.4, 0.5) is 0 Å². The van der Waals surface area contributed by atoms with Gasteiger partial charge in [-0.2, -0.15) is 0 Å². The second kappa shape index (κ2) is 62.7. The van der Waals surface area contributed by atoms with E-state index >= 15 is 0 Å². The number of unbranched alkanes of at least 4 members (excludes halogenated alkanes) is 49. The quantitative estimate of drug-likeness (QED) is 0.0261. The SMILES string of the molecule is CCCC/C=C\CCCCCCCC(=O)OCC(COC(=O)CCCCCCCCCCCCCCCCCCCCCCCCCCCCCCCC)OC(=O)CCCCCCCCCCCCCCCC. The predicted octanol–water partition coefficient (Wildman–Crippen LogP) is 22.4. The van der Waals surface area contributed by atoms with E-state index in [1.807, 2.05) is 0 Å². The van der Waals surface area contributed by atoms with E-state index in [4.69, 9.17) is 14.2 Å². The molecule has 0 aromatic rings. The minimum atomic E-state index is -0.768. The van der Waals surface area contributed by atoms with Gasteiger partial charge in [-0.15, -0.1) is 0 Å². The van der Waals surface area contributed by atoms with Crippen LogP contribution in [0.3, 0.4) is 0 Å². The molecule has 0 aliphatic rings. The largest absolute Gasteiger partial charge is 0.462 e. The normalized spacial score (nSPS) is 12.0. The third-order valence-corrected chi connectivity index (χ3v) is 15.3. The molecule has 0 aliphatic heterocycles. The summed E-state index contributed by atoms with van der Waals surface area (Å²) in [6.45, 7) is 6.66. The Balaban J connectivity index is 4.05. The molecule has 6 heteroatoms. The zero-order chi connectivity index (χ0) is 52.9. The number of hydrogen-bond acceptors (Lipinski definition) is 6. The highest BCUT2D eigenvalue weighted by Crippen LogP contribution is 2.19. The molecular formula is C67H128O6. The molecule has 0 aromatic heterocycles. The lowest BCUT2D eigenvalue weighted by Gasteiger charge is -2.18. The van der Waals surface area contributed by atoms with Crippen molar-refractivity contribution < 1.29 is 28.6 Å². The Morgan fingerprint density at radius 2 is 0.466 bits per heavy atom. The first-order valence-electron chi connectivity index (χ1n) is 33.2. The fourth-order valence-corrected chi connectivity index (χ4v) is 10.3. The summed E-state index contributed by atoms with van der Waals surface area (Å²) in [5, 5.41) is 0. The molecule has 6 nitrogen and oxygen atoms in total. The predicted molar refractivity (Wildman–Crippen MR) is 317 cm³/mol. The topological polar surface area (TPSA) is 78.9 Å². The van der Waals surface area contributed by atoms with E-state index in [2.05, 4.69) is 32.9 Å². The smallest absolute Gasteiger partial charge is 0.306 e. The van der Waals surface area contributed by atoms with Crippen LogP contribution in [0.2, 0.25) is 0 Å². The number of allylic oxidation sites excluding steroid dienone is 2. The monoisotopic (exact) mass is 1030 g/mol. The van der Waals surface area contributed by atoms with Gasteiger partial charge in [0.2, 0.25) is 0 Å². The average Bonchev–Trinajstić information content (AvgIpc) is 3.39. The first-order valence-corrected chi connectivity index (χ1v) is 33.2. The van der Waals surface area contributed by atoms with E-state index in [1.165, 1.54) is 276 Å². The summed E-state index contributed by atoms with van der Waals surface area (Å²) in [7, 11) is 0. The van der Waals surface area contributed by atoms with Crippen molar-refractivity contribution >= 4 is 17.9 Å². The standard InChI is InChI=1S/C67H128O6/c1-4-7-10-13-16-19-22-24-26-27-28-29-30-31-32-33-34-35-36-37-38-39-40-41-43-45-48-51-54-57-60-66(69)72-63-64(62-71-65(68)59-56-53-50-47-44-21-18-15-12-9-6-3)73-67(70)61-58-55-52-49-46-42-25-23-20-17-14-11-8-5-2/h15,18,64H,4-14,16-17,19-63H2,1-3H3/b18-15-. The van der Waals surface area contributed by atoms with E-state index in [-0.39, 0.29) is 31.1 Å². The summed E-state index contributed by atoms with van der Waals surface area (Å²) >= 11 is 0. The number of carbonyl (C=O) groups excluding carboxylic acids is 3. The van der Waals surface area contributed by atoms with E-state index in [0.717, 1.165) is 64.2 Å². The molecule has 0 aromatic carbocycles. The molecule has 0 bridgehead atoms. The molecule has 0 heterocycles. The van der Waals surface area contributed by atoms with Crippen LogP contribution in [-0.4, -0.2) is 37.2 Å². The van der Waals surface area contributed by atoms with Crippen LogP contribution < -0.4 is 0 Å². The van der Waals surface area contributed by atoms with Crippen LogP contribution in [0.25, 0.3) is 0 Å². The Labute approximate surface area is 456 Å². The van der Waals surface area contributed by atoms with Gasteiger partial charge in [-0.05, 0) is 38.5 Å². The molecule has 0 aliphatic carbocycles. The molecule has 0 saturated carbocycles. The fraction of sp³-hybridized carbons (Fsp3) is 0.925. The van der Waals surface area contributed by atoms with Crippen molar-refractivity contribution in [2.45, 2.75) is 386 Å². The van der Waals surface area contributed by atoms with Crippen molar-refractivity contribution in [3.05, 3.63) is 12.2 Å². The van der Waals surface area contributed by atoms with Crippen LogP contribution in [0.5, 0.6) is 0 Å². The summed E-state index contributed by atoms with van der Waals surface area (Å²) in [5.74, 6) is -0.849. The van der Waals surface area contributed by atoms with Gasteiger partial charge < -0.3 is 14.2 Å². The van der Waals surface area contributed by atoms with Gasteiger partial charge in [0.15, 0.2) is 6.10 Å². The maximum absolute atomic E-state index is 12.9. The Bertz CT molecular complexity index is 1130. The highest BCUT2D eigenvalue weighted by molar-refractivity contribution is 5.71. The lowest BCUT2D eigenvalue weighted by molar-refractivity contribution is -0.167. The number of esters is 3. The molecule has 0 saturated heterocycles. The van der Waals surface area contributed by atoms with Crippen molar-refractivity contribution in [1.29, 1.82) is 0 Å². The summed E-state index contributed by atoms with van der Waals surface area (Å²) in [5.41, 5.74) is 0. The maximum atomic E-state index is 12.9. The molecule has 1 atom stereocenters. The Hall–Kier alpha value is -1.85. The highest BCUT2D eigenvalue weighted by Gasteiger charge is 2.19. The Kier molecular flexibility index (Phi) is 61.1. The minimum absolute atomic E-state index is 0.0664. The van der Waals surface area contributed by atoms with E-state index in [1.54, 1.807) is 0 Å². The number of rotatable bonds is 62. The molecule has 0 fully saturated rings. The zero-order valence-electron chi connectivity index (χ0n) is 49.7. The molecule has 73 heavy (non-hydrogen) atoms. The van der Waals surface area contributed by atoms with Gasteiger partial charge >= 0.3 is 17.9 Å². The van der Waals surface area contributed by atoms with Crippen molar-refractivity contribution in [1.82, 2.24) is 0 Å². The van der Waals surface area contributed by atoms with E-state index < -0.39 is 6.10 Å². The maximum Gasteiger partial charge on any atom is 0.306 e. The number of ether oxygens (including phenoxy) is 3. The summed E-state index contributed by atoms with van der Waals surface area (Å²) in [6, 6.07) is 0. The van der Waals surface area contributed by atoms with Crippen LogP contribution in [0, 0.1) is 0 Å². The molecule has 0 N–H and O–H groups in total. The van der Waals surface area contributed by atoms with Crippen molar-refractivity contribution in [3.8, 4) is 0 Å². The van der Waals surface area contributed by atoms with Gasteiger partial charge in [-0.25, -0.2) is 0 Å². The van der Waals surface area contributed by atoms with Crippen molar-refractivity contribution in [3.63, 3.8) is 0 Å². The molecule has 0 spiro atoms. The van der Waals surface area contributed by atoms with Gasteiger partial charge in [0.05, 0.1) is 0 Å². The zero-order valence-corrected chi connectivity index (χ0v) is 49.7. The van der Waals surface area contributed by atoms with Crippen molar-refractivity contribution in [2.75, 3.05) is 13.2 Å². The summed E-state index contributed by atoms with van der Waals surface area (Å²) < 4.78 is 16.9. The van der Waals surface area contributed by atoms with Crippen LogP contribution >= 0.6 is 0 Å². The molecule has 1 unspecified atom stereocenters. The van der Waals surface area contributed by atoms with Gasteiger partial charge in [0.25, 0.3) is 0 Å². The Morgan fingerprint density at radius 1 is 0.260 bits per heavy atom.